The fraction of sp³-hybridized carbons (Fsp3) is 0.438. The van der Waals surface area contributed by atoms with Crippen molar-refractivity contribution in [2.24, 2.45) is 0 Å². The number of rotatable bonds is 4. The molecule has 21 heavy (non-hydrogen) atoms. The van der Waals surface area contributed by atoms with Crippen LogP contribution in [0.25, 0.3) is 0 Å². The summed E-state index contributed by atoms with van der Waals surface area (Å²) in [6.45, 7) is 4.96. The topological polar surface area (TPSA) is 41.3 Å². The average molecular weight is 350 g/mol. The van der Waals surface area contributed by atoms with Gasteiger partial charge in [0, 0.05) is 25.3 Å². The zero-order valence-corrected chi connectivity index (χ0v) is 13.8. The molecule has 1 aliphatic heterocycles. The minimum Gasteiger partial charge on any atom is -0.453 e. The SMILES string of the molecule is Cc1ccc(N2CCC(NCc3ccc(Br)o3)CC2)nc1. The first-order valence-electron chi connectivity index (χ1n) is 7.36. The Balaban J connectivity index is 1.47. The van der Waals surface area contributed by atoms with Crippen molar-refractivity contribution in [3.05, 3.63) is 46.5 Å². The second kappa shape index (κ2) is 6.62. The summed E-state index contributed by atoms with van der Waals surface area (Å²) in [6, 6.07) is 8.73. The Morgan fingerprint density at radius 1 is 1.29 bits per heavy atom. The number of nitrogens with zero attached hydrogens (tertiary/aromatic N) is 2. The second-order valence-corrected chi connectivity index (χ2v) is 6.32. The summed E-state index contributed by atoms with van der Waals surface area (Å²) in [4.78, 5) is 6.87. The predicted molar refractivity (Wildman–Crippen MR) is 87.5 cm³/mol. The van der Waals surface area contributed by atoms with E-state index in [1.54, 1.807) is 0 Å². The minimum absolute atomic E-state index is 0.551. The number of anilines is 1. The molecular weight excluding hydrogens is 330 g/mol. The van der Waals surface area contributed by atoms with Gasteiger partial charge in [-0.15, -0.1) is 0 Å². The Kier molecular flexibility index (Phi) is 4.60. The van der Waals surface area contributed by atoms with Crippen LogP contribution in [0.4, 0.5) is 5.82 Å². The number of hydrogen-bond donors (Lipinski definition) is 1. The fourth-order valence-electron chi connectivity index (χ4n) is 2.65. The van der Waals surface area contributed by atoms with Crippen molar-refractivity contribution in [3.8, 4) is 0 Å². The Bertz CT molecular complexity index is 573. The molecule has 2 aromatic rings. The van der Waals surface area contributed by atoms with Crippen molar-refractivity contribution in [1.82, 2.24) is 10.3 Å². The van der Waals surface area contributed by atoms with Crippen LogP contribution in [0.15, 0.2) is 39.5 Å². The van der Waals surface area contributed by atoms with Gasteiger partial charge < -0.3 is 14.6 Å². The van der Waals surface area contributed by atoms with E-state index in [1.807, 2.05) is 18.3 Å². The van der Waals surface area contributed by atoms with Crippen LogP contribution >= 0.6 is 15.9 Å². The van der Waals surface area contributed by atoms with Gasteiger partial charge in [-0.05, 0) is 59.5 Å². The molecule has 5 heteroatoms. The van der Waals surface area contributed by atoms with Gasteiger partial charge >= 0.3 is 0 Å². The maximum Gasteiger partial charge on any atom is 0.169 e. The molecule has 0 atom stereocenters. The van der Waals surface area contributed by atoms with E-state index in [1.165, 1.54) is 5.56 Å². The van der Waals surface area contributed by atoms with Crippen LogP contribution in [0.2, 0.25) is 0 Å². The smallest absolute Gasteiger partial charge is 0.169 e. The molecule has 0 aromatic carbocycles. The number of pyridine rings is 1. The number of aryl methyl sites for hydroxylation is 1. The molecule has 0 unspecified atom stereocenters. The first-order valence-corrected chi connectivity index (χ1v) is 8.15. The largest absolute Gasteiger partial charge is 0.453 e. The highest BCUT2D eigenvalue weighted by molar-refractivity contribution is 9.10. The monoisotopic (exact) mass is 349 g/mol. The number of aromatic nitrogens is 1. The van der Waals surface area contributed by atoms with Crippen LogP contribution in [0.1, 0.15) is 24.2 Å². The van der Waals surface area contributed by atoms with Crippen molar-refractivity contribution in [1.29, 1.82) is 0 Å². The Morgan fingerprint density at radius 3 is 2.71 bits per heavy atom. The lowest BCUT2D eigenvalue weighted by Gasteiger charge is -2.33. The fourth-order valence-corrected chi connectivity index (χ4v) is 2.99. The number of hydrogen-bond acceptors (Lipinski definition) is 4. The standard InChI is InChI=1S/C16H20BrN3O/c1-12-2-5-16(19-10-12)20-8-6-13(7-9-20)18-11-14-3-4-15(17)21-14/h2-5,10,13,18H,6-9,11H2,1H3. The van der Waals surface area contributed by atoms with Gasteiger partial charge in [-0.2, -0.15) is 0 Å². The van der Waals surface area contributed by atoms with Crippen molar-refractivity contribution in [3.63, 3.8) is 0 Å². The molecule has 0 bridgehead atoms. The van der Waals surface area contributed by atoms with Crippen molar-refractivity contribution < 1.29 is 4.42 Å². The lowest BCUT2D eigenvalue weighted by Crippen LogP contribution is -2.42. The van der Waals surface area contributed by atoms with Crippen LogP contribution in [0, 0.1) is 6.92 Å². The highest BCUT2D eigenvalue weighted by atomic mass is 79.9. The summed E-state index contributed by atoms with van der Waals surface area (Å²) in [5.41, 5.74) is 1.21. The van der Waals surface area contributed by atoms with Gasteiger partial charge in [0.25, 0.3) is 0 Å². The molecule has 0 saturated carbocycles. The molecule has 0 radical (unpaired) electrons. The summed E-state index contributed by atoms with van der Waals surface area (Å²) in [6.07, 6.45) is 4.21. The van der Waals surface area contributed by atoms with Crippen LogP contribution in [0.3, 0.4) is 0 Å². The summed E-state index contributed by atoms with van der Waals surface area (Å²) in [5, 5.41) is 3.57. The van der Waals surface area contributed by atoms with E-state index >= 15 is 0 Å². The van der Waals surface area contributed by atoms with E-state index in [-0.39, 0.29) is 0 Å². The van der Waals surface area contributed by atoms with Crippen LogP contribution in [0.5, 0.6) is 0 Å². The Morgan fingerprint density at radius 2 is 2.10 bits per heavy atom. The third-order valence-corrected chi connectivity index (χ3v) is 4.33. The molecule has 0 aliphatic carbocycles. The number of nitrogens with one attached hydrogen (secondary N) is 1. The van der Waals surface area contributed by atoms with Gasteiger partial charge in [0.05, 0.1) is 6.54 Å². The van der Waals surface area contributed by atoms with Gasteiger partial charge in [0.2, 0.25) is 0 Å². The van der Waals surface area contributed by atoms with Gasteiger partial charge in [-0.25, -0.2) is 4.98 Å². The molecule has 0 spiro atoms. The van der Waals surface area contributed by atoms with Crippen molar-refractivity contribution in [2.75, 3.05) is 18.0 Å². The van der Waals surface area contributed by atoms with Crippen LogP contribution in [-0.2, 0) is 6.54 Å². The molecule has 3 heterocycles. The van der Waals surface area contributed by atoms with Crippen molar-refractivity contribution >= 4 is 21.7 Å². The predicted octanol–water partition coefficient (Wildman–Crippen LogP) is 3.50. The average Bonchev–Trinajstić information content (AvgIpc) is 2.92. The highest BCUT2D eigenvalue weighted by Gasteiger charge is 2.19. The van der Waals surface area contributed by atoms with Crippen molar-refractivity contribution in [2.45, 2.75) is 32.4 Å². The van der Waals surface area contributed by atoms with Gasteiger partial charge in [0.15, 0.2) is 4.67 Å². The first kappa shape index (κ1) is 14.6. The molecule has 4 nitrogen and oxygen atoms in total. The lowest BCUT2D eigenvalue weighted by atomic mass is 10.0. The third-order valence-electron chi connectivity index (χ3n) is 3.91. The zero-order valence-electron chi connectivity index (χ0n) is 12.2. The first-order chi connectivity index (χ1) is 10.2. The molecule has 1 aliphatic rings. The van der Waals surface area contributed by atoms with E-state index in [2.05, 4.69) is 50.2 Å². The number of furan rings is 1. The third kappa shape index (κ3) is 3.86. The molecule has 3 rings (SSSR count). The van der Waals surface area contributed by atoms with E-state index in [9.17, 15) is 0 Å². The van der Waals surface area contributed by atoms with Gasteiger partial charge in [-0.3, -0.25) is 0 Å². The molecular formula is C16H20BrN3O. The summed E-state index contributed by atoms with van der Waals surface area (Å²) >= 11 is 3.33. The number of piperidine rings is 1. The Hall–Kier alpha value is -1.33. The molecule has 0 amide bonds. The minimum atomic E-state index is 0.551. The van der Waals surface area contributed by atoms with Crippen LogP contribution < -0.4 is 10.2 Å². The molecule has 112 valence electrons. The normalized spacial score (nSPS) is 16.4. The van der Waals surface area contributed by atoms with Gasteiger partial charge in [0.1, 0.15) is 11.6 Å². The summed E-state index contributed by atoms with van der Waals surface area (Å²) < 4.78 is 6.30. The van der Waals surface area contributed by atoms with Crippen LogP contribution in [-0.4, -0.2) is 24.1 Å². The quantitative estimate of drug-likeness (QED) is 0.916. The summed E-state index contributed by atoms with van der Waals surface area (Å²) in [5.74, 6) is 2.07. The molecule has 1 saturated heterocycles. The molecule has 2 aromatic heterocycles. The number of halogens is 1. The second-order valence-electron chi connectivity index (χ2n) is 5.54. The molecule has 1 N–H and O–H groups in total. The molecule has 1 fully saturated rings. The maximum absolute atomic E-state index is 5.51. The van der Waals surface area contributed by atoms with E-state index in [0.717, 1.165) is 48.7 Å². The lowest BCUT2D eigenvalue weighted by molar-refractivity contribution is 0.384. The zero-order chi connectivity index (χ0) is 14.7. The maximum atomic E-state index is 5.51. The van der Waals surface area contributed by atoms with E-state index < -0.39 is 0 Å². The summed E-state index contributed by atoms with van der Waals surface area (Å²) in [7, 11) is 0. The van der Waals surface area contributed by atoms with E-state index in [4.69, 9.17) is 4.42 Å². The Labute approximate surface area is 133 Å². The highest BCUT2D eigenvalue weighted by Crippen LogP contribution is 2.19. The van der Waals surface area contributed by atoms with E-state index in [0.29, 0.717) is 6.04 Å². The van der Waals surface area contributed by atoms with Gasteiger partial charge in [-0.1, -0.05) is 6.07 Å².